The summed E-state index contributed by atoms with van der Waals surface area (Å²) in [5.41, 5.74) is 0.622. The largest absolute Gasteiger partial charge is 0.508 e. The molecule has 2 N–H and O–H groups in total. The first-order valence-electron chi connectivity index (χ1n) is 5.46. The number of aliphatic hydroxyl groups excluding tert-OH is 1. The maximum atomic E-state index is 9.47. The van der Waals surface area contributed by atoms with Crippen LogP contribution in [0.1, 0.15) is 31.7 Å². The van der Waals surface area contributed by atoms with Gasteiger partial charge >= 0.3 is 0 Å². The van der Waals surface area contributed by atoms with Crippen LogP contribution < -0.4 is 0 Å². The van der Waals surface area contributed by atoms with Crippen molar-refractivity contribution in [2.75, 3.05) is 13.7 Å². The molecule has 0 amide bonds. The minimum Gasteiger partial charge on any atom is -0.508 e. The van der Waals surface area contributed by atoms with Gasteiger partial charge in [0, 0.05) is 19.6 Å². The smallest absolute Gasteiger partial charge is 0.115 e. The van der Waals surface area contributed by atoms with Gasteiger partial charge < -0.3 is 14.9 Å². The van der Waals surface area contributed by atoms with Crippen molar-refractivity contribution in [3.05, 3.63) is 29.8 Å². The van der Waals surface area contributed by atoms with Gasteiger partial charge in [0.25, 0.3) is 0 Å². The molecule has 1 unspecified atom stereocenters. The number of hydrogen-bond acceptors (Lipinski definition) is 3. The molecule has 0 fully saturated rings. The Kier molecular flexibility index (Phi) is 4.33. The van der Waals surface area contributed by atoms with Crippen LogP contribution in [-0.2, 0) is 4.74 Å². The van der Waals surface area contributed by atoms with Gasteiger partial charge in [0.1, 0.15) is 5.75 Å². The van der Waals surface area contributed by atoms with E-state index < -0.39 is 0 Å². The zero-order chi connectivity index (χ0) is 12.2. The van der Waals surface area contributed by atoms with Gasteiger partial charge in [0.2, 0.25) is 0 Å². The Bertz CT molecular complexity index is 334. The van der Waals surface area contributed by atoms with Crippen LogP contribution in [0.15, 0.2) is 24.3 Å². The van der Waals surface area contributed by atoms with Gasteiger partial charge in [-0.2, -0.15) is 0 Å². The first-order valence-corrected chi connectivity index (χ1v) is 5.46. The molecule has 0 heterocycles. The summed E-state index contributed by atoms with van der Waals surface area (Å²) in [6.45, 7) is 4.07. The molecule has 90 valence electrons. The number of phenolic OH excluding ortho intramolecular Hbond substituents is 1. The highest BCUT2D eigenvalue weighted by Crippen LogP contribution is 2.34. The van der Waals surface area contributed by atoms with Gasteiger partial charge in [-0.1, -0.05) is 12.1 Å². The van der Waals surface area contributed by atoms with Crippen molar-refractivity contribution in [2.45, 2.75) is 31.8 Å². The van der Waals surface area contributed by atoms with E-state index in [0.717, 1.165) is 5.56 Å². The quantitative estimate of drug-likeness (QED) is 0.806. The number of ether oxygens (including phenoxy) is 1. The Morgan fingerprint density at radius 2 is 2.06 bits per heavy atom. The van der Waals surface area contributed by atoms with Crippen LogP contribution in [0.4, 0.5) is 0 Å². The van der Waals surface area contributed by atoms with Crippen molar-refractivity contribution in [2.24, 2.45) is 0 Å². The van der Waals surface area contributed by atoms with Gasteiger partial charge in [-0.3, -0.25) is 0 Å². The molecule has 1 aromatic rings. The van der Waals surface area contributed by atoms with Crippen LogP contribution in [0.2, 0.25) is 0 Å². The predicted molar refractivity (Wildman–Crippen MR) is 63.6 cm³/mol. The fraction of sp³-hybridized carbons (Fsp3) is 0.538. The van der Waals surface area contributed by atoms with Crippen LogP contribution in [0.25, 0.3) is 0 Å². The summed E-state index contributed by atoms with van der Waals surface area (Å²) in [6, 6.07) is 7.11. The molecule has 0 spiro atoms. The Morgan fingerprint density at radius 1 is 1.38 bits per heavy atom. The van der Waals surface area contributed by atoms with Crippen molar-refractivity contribution in [1.82, 2.24) is 0 Å². The topological polar surface area (TPSA) is 49.7 Å². The van der Waals surface area contributed by atoms with Crippen molar-refractivity contribution < 1.29 is 14.9 Å². The number of hydrogen-bond donors (Lipinski definition) is 2. The molecule has 1 atom stereocenters. The zero-order valence-corrected chi connectivity index (χ0v) is 10.1. The molecule has 0 saturated carbocycles. The van der Waals surface area contributed by atoms with Gasteiger partial charge in [-0.05, 0) is 38.0 Å². The Balaban J connectivity index is 3.02. The molecular formula is C13H20O3. The summed E-state index contributed by atoms with van der Waals surface area (Å²) in [5, 5.41) is 18.6. The molecule has 16 heavy (non-hydrogen) atoms. The molecule has 0 aromatic heterocycles. The second kappa shape index (κ2) is 5.32. The third-order valence-corrected chi connectivity index (χ3v) is 3.06. The second-order valence-corrected chi connectivity index (χ2v) is 4.47. The average molecular weight is 224 g/mol. The third kappa shape index (κ3) is 2.97. The van der Waals surface area contributed by atoms with Gasteiger partial charge in [-0.15, -0.1) is 0 Å². The van der Waals surface area contributed by atoms with Gasteiger partial charge in [0.05, 0.1) is 5.60 Å². The minimum absolute atomic E-state index is 0.0644. The zero-order valence-electron chi connectivity index (χ0n) is 10.1. The number of aromatic hydroxyl groups is 1. The van der Waals surface area contributed by atoms with E-state index in [2.05, 4.69) is 0 Å². The van der Waals surface area contributed by atoms with Crippen molar-refractivity contribution in [3.8, 4) is 5.75 Å². The monoisotopic (exact) mass is 224 g/mol. The van der Waals surface area contributed by atoms with Gasteiger partial charge in [0.15, 0.2) is 0 Å². The highest BCUT2D eigenvalue weighted by atomic mass is 16.5. The number of rotatable bonds is 5. The molecule has 3 nitrogen and oxygen atoms in total. The first-order chi connectivity index (χ1) is 7.51. The lowest BCUT2D eigenvalue weighted by atomic mass is 9.82. The maximum absolute atomic E-state index is 9.47. The molecule has 0 aliphatic carbocycles. The lowest BCUT2D eigenvalue weighted by Crippen LogP contribution is -2.32. The summed E-state index contributed by atoms with van der Waals surface area (Å²) in [7, 11) is 1.66. The Labute approximate surface area is 96.7 Å². The molecule has 0 radical (unpaired) electrons. The summed E-state index contributed by atoms with van der Waals surface area (Å²) >= 11 is 0. The van der Waals surface area contributed by atoms with E-state index in [9.17, 15) is 5.11 Å². The maximum Gasteiger partial charge on any atom is 0.115 e. The Hall–Kier alpha value is -1.06. The highest BCUT2D eigenvalue weighted by Gasteiger charge is 2.30. The summed E-state index contributed by atoms with van der Waals surface area (Å²) in [4.78, 5) is 0. The third-order valence-electron chi connectivity index (χ3n) is 3.06. The standard InChI is InChI=1S/C13H20O3/c1-13(2,16-3)12(7-8-14)10-5-4-6-11(15)9-10/h4-6,9,12,14-15H,7-8H2,1-3H3. The van der Waals surface area contributed by atoms with E-state index in [-0.39, 0.29) is 23.9 Å². The predicted octanol–water partition coefficient (Wildman–Crippen LogP) is 2.28. The number of phenols is 1. The van der Waals surface area contributed by atoms with Crippen molar-refractivity contribution in [1.29, 1.82) is 0 Å². The van der Waals surface area contributed by atoms with Crippen LogP contribution in [0.3, 0.4) is 0 Å². The summed E-state index contributed by atoms with van der Waals surface area (Å²) in [6.07, 6.45) is 0.615. The molecule has 0 aliphatic rings. The van der Waals surface area contributed by atoms with Gasteiger partial charge in [-0.25, -0.2) is 0 Å². The number of methoxy groups -OCH3 is 1. The van der Waals surface area contributed by atoms with Crippen molar-refractivity contribution in [3.63, 3.8) is 0 Å². The average Bonchev–Trinajstić information content (AvgIpc) is 2.25. The fourth-order valence-electron chi connectivity index (χ4n) is 1.93. The number of aliphatic hydroxyl groups is 1. The minimum atomic E-state index is -0.365. The molecule has 1 aromatic carbocycles. The molecule has 0 bridgehead atoms. The van der Waals surface area contributed by atoms with Crippen LogP contribution >= 0.6 is 0 Å². The van der Waals surface area contributed by atoms with Crippen LogP contribution in [-0.4, -0.2) is 29.5 Å². The SMILES string of the molecule is COC(C)(C)C(CCO)c1cccc(O)c1. The second-order valence-electron chi connectivity index (χ2n) is 4.47. The molecule has 0 aliphatic heterocycles. The van der Waals surface area contributed by atoms with E-state index in [1.54, 1.807) is 25.3 Å². The lowest BCUT2D eigenvalue weighted by Gasteiger charge is -2.33. The van der Waals surface area contributed by atoms with Crippen LogP contribution in [0.5, 0.6) is 5.75 Å². The molecule has 1 rings (SSSR count). The summed E-state index contributed by atoms with van der Waals surface area (Å²) in [5.74, 6) is 0.307. The van der Waals surface area contributed by atoms with Crippen LogP contribution in [0, 0.1) is 0 Å². The first kappa shape index (κ1) is 13.0. The molecule has 3 heteroatoms. The lowest BCUT2D eigenvalue weighted by molar-refractivity contribution is -0.00780. The van der Waals surface area contributed by atoms with E-state index in [1.807, 2.05) is 19.9 Å². The fourth-order valence-corrected chi connectivity index (χ4v) is 1.93. The van der Waals surface area contributed by atoms with Crippen molar-refractivity contribution >= 4 is 0 Å². The molecular weight excluding hydrogens is 204 g/mol. The number of benzene rings is 1. The molecule has 0 saturated heterocycles. The van der Waals surface area contributed by atoms with E-state index in [0.29, 0.717) is 6.42 Å². The Morgan fingerprint density at radius 3 is 2.56 bits per heavy atom. The van der Waals surface area contributed by atoms with E-state index in [1.165, 1.54) is 0 Å². The highest BCUT2D eigenvalue weighted by molar-refractivity contribution is 5.31. The normalized spacial score (nSPS) is 13.8. The van der Waals surface area contributed by atoms with E-state index in [4.69, 9.17) is 9.84 Å². The summed E-state index contributed by atoms with van der Waals surface area (Å²) < 4.78 is 5.45. The van der Waals surface area contributed by atoms with E-state index >= 15 is 0 Å².